The highest BCUT2D eigenvalue weighted by Gasteiger charge is 2.74. The molecule has 10 aliphatic rings. The van der Waals surface area contributed by atoms with E-state index in [-0.39, 0.29) is 21.7 Å². The molecule has 10 aliphatic carbocycles. The van der Waals surface area contributed by atoms with Gasteiger partial charge in [-0.25, -0.2) is 0 Å². The summed E-state index contributed by atoms with van der Waals surface area (Å²) in [6, 6.07) is 19.2. The van der Waals surface area contributed by atoms with Crippen LogP contribution in [0.2, 0.25) is 0 Å². The first-order chi connectivity index (χ1) is 34.8. The molecule has 4 aromatic carbocycles. The number of rotatable bonds is 4. The van der Waals surface area contributed by atoms with Gasteiger partial charge in [0.1, 0.15) is 0 Å². The van der Waals surface area contributed by atoms with Crippen molar-refractivity contribution in [1.82, 2.24) is 0 Å². The number of hydrogen-bond acceptors (Lipinski definition) is 0. The molecule has 72 heavy (non-hydrogen) atoms. The number of hydrogen-bond donors (Lipinski definition) is 0. The predicted octanol–water partition coefficient (Wildman–Crippen LogP) is 20.8. The van der Waals surface area contributed by atoms with Crippen molar-refractivity contribution < 1.29 is 0 Å². The Hall–Kier alpha value is -5.20. The summed E-state index contributed by atoms with van der Waals surface area (Å²) in [6.07, 6.45) is 25.8. The van der Waals surface area contributed by atoms with Crippen LogP contribution in [0.5, 0.6) is 0 Å². The molecular weight excluding hydrogens is 865 g/mol. The Balaban J connectivity index is 0.000000157. The van der Waals surface area contributed by atoms with Gasteiger partial charge in [0.15, 0.2) is 0 Å². The van der Waals surface area contributed by atoms with Crippen LogP contribution in [0.4, 0.5) is 0 Å². The zero-order valence-electron chi connectivity index (χ0n) is 48.4. The van der Waals surface area contributed by atoms with E-state index in [9.17, 15) is 0 Å². The number of allylic oxidation sites excluding steroid dienone is 16. The lowest BCUT2D eigenvalue weighted by Crippen LogP contribution is -2.62. The summed E-state index contributed by atoms with van der Waals surface area (Å²) in [4.78, 5) is 0. The third-order valence-electron chi connectivity index (χ3n) is 19.0. The molecule has 2 unspecified atom stereocenters. The van der Waals surface area contributed by atoms with Gasteiger partial charge >= 0.3 is 0 Å². The van der Waals surface area contributed by atoms with Gasteiger partial charge in [-0.3, -0.25) is 0 Å². The quantitative estimate of drug-likeness (QED) is 0.191. The maximum Gasteiger partial charge on any atom is 0.0234 e. The molecule has 0 heterocycles. The van der Waals surface area contributed by atoms with Gasteiger partial charge < -0.3 is 0 Å². The van der Waals surface area contributed by atoms with Crippen molar-refractivity contribution in [3.05, 3.63) is 186 Å². The van der Waals surface area contributed by atoms with E-state index in [1.54, 1.807) is 44.5 Å². The monoisotopic (exact) mass is 953 g/mol. The maximum absolute atomic E-state index is 2.68. The summed E-state index contributed by atoms with van der Waals surface area (Å²) in [7, 11) is 0. The Kier molecular flexibility index (Phi) is 13.2. The lowest BCUT2D eigenvalue weighted by Gasteiger charge is -2.72. The van der Waals surface area contributed by atoms with Gasteiger partial charge in [0, 0.05) is 45.3 Å². The van der Waals surface area contributed by atoms with Crippen molar-refractivity contribution >= 4 is 44.6 Å². The fourth-order valence-electron chi connectivity index (χ4n) is 17.6. The van der Waals surface area contributed by atoms with Crippen molar-refractivity contribution in [1.29, 1.82) is 0 Å². The van der Waals surface area contributed by atoms with Crippen molar-refractivity contribution in [3.63, 3.8) is 0 Å². The lowest BCUT2D eigenvalue weighted by atomic mass is 9.30. The minimum Gasteiger partial charge on any atom is -0.0697 e. The summed E-state index contributed by atoms with van der Waals surface area (Å²) in [6.45, 7) is 44.2. The molecule has 0 radical (unpaired) electrons. The van der Waals surface area contributed by atoms with Gasteiger partial charge in [-0.15, -0.1) is 0 Å². The summed E-state index contributed by atoms with van der Waals surface area (Å²) in [5.41, 5.74) is 37.1. The van der Waals surface area contributed by atoms with Crippen LogP contribution < -0.4 is 0 Å². The summed E-state index contributed by atoms with van der Waals surface area (Å²) in [5.74, 6) is 2.06. The maximum atomic E-state index is 2.68. The van der Waals surface area contributed by atoms with E-state index in [4.69, 9.17) is 0 Å². The fourth-order valence-corrected chi connectivity index (χ4v) is 17.6. The zero-order valence-corrected chi connectivity index (χ0v) is 48.4. The Morgan fingerprint density at radius 3 is 0.597 bits per heavy atom. The lowest BCUT2D eigenvalue weighted by molar-refractivity contribution is 0.0252. The van der Waals surface area contributed by atoms with Crippen molar-refractivity contribution in [2.24, 2.45) is 21.7 Å². The molecule has 2 saturated carbocycles. The standard InChI is InChI=1S/2C32H32.4C2H6/c1-7-21-9-11-23-17(3)13-32-16-20(6)26-22(8-2)10-12-24-18(4)14-31(30(32)28(24)26)15-19(5)25(21)27(23)29(31)32;1-7-21-9-11-23-17(3)13-31-14-18(4)24-12-10-22(8-2)26-20(6)16-32(30(31)28(24)26)15-19(5)25(21)27(23)29(31)32;4*1-2/h2*9-16,29-30H,7-8H2,1-6H3;4*1-2H3/t;29-,30+,31?,32?;;;;. The molecule has 376 valence electrons. The molecule has 4 aromatic rings. The first-order valence-corrected chi connectivity index (χ1v) is 29.0. The molecule has 0 aromatic heterocycles. The molecular formula is C72H88. The van der Waals surface area contributed by atoms with Crippen LogP contribution in [0.25, 0.3) is 44.6 Å². The van der Waals surface area contributed by atoms with E-state index in [1.165, 1.54) is 89.1 Å². The molecule has 0 heteroatoms. The number of benzene rings is 4. The van der Waals surface area contributed by atoms with Crippen LogP contribution in [0, 0.1) is 21.7 Å². The van der Waals surface area contributed by atoms with Gasteiger partial charge in [-0.1, -0.05) is 180 Å². The van der Waals surface area contributed by atoms with Crippen LogP contribution >= 0.6 is 0 Å². The molecule has 0 nitrogen and oxygen atoms in total. The Bertz CT molecular complexity index is 2970. The topological polar surface area (TPSA) is 0 Å². The summed E-state index contributed by atoms with van der Waals surface area (Å²) < 4.78 is 0. The predicted molar refractivity (Wildman–Crippen MR) is 319 cm³/mol. The number of aryl methyl sites for hydroxylation is 4. The highest BCUT2D eigenvalue weighted by Crippen LogP contribution is 2.84. The first kappa shape index (κ1) is 51.7. The van der Waals surface area contributed by atoms with E-state index in [2.05, 4.69) is 180 Å². The summed E-state index contributed by atoms with van der Waals surface area (Å²) in [5, 5.41) is 0. The van der Waals surface area contributed by atoms with Gasteiger partial charge in [-0.2, -0.15) is 0 Å². The molecule has 0 saturated heterocycles. The highest BCUT2D eigenvalue weighted by molar-refractivity contribution is 5.95. The minimum absolute atomic E-state index is 0.102. The van der Waals surface area contributed by atoms with Crippen LogP contribution in [0.1, 0.15) is 251 Å². The van der Waals surface area contributed by atoms with Crippen molar-refractivity contribution in [2.45, 2.75) is 188 Å². The van der Waals surface area contributed by atoms with Crippen LogP contribution in [-0.4, -0.2) is 0 Å². The van der Waals surface area contributed by atoms with Crippen LogP contribution in [0.15, 0.2) is 97.1 Å². The summed E-state index contributed by atoms with van der Waals surface area (Å²) >= 11 is 0. The molecule has 0 bridgehead atoms. The first-order valence-electron chi connectivity index (χ1n) is 29.0. The molecule has 0 amide bonds. The normalized spacial score (nSPS) is 28.8. The molecule has 4 atom stereocenters. The molecule has 14 rings (SSSR count). The van der Waals surface area contributed by atoms with Crippen molar-refractivity contribution in [2.75, 3.05) is 0 Å². The SMILES string of the molecule is CC.CC.CC.CC.CCc1ccc2c3c1C(C)=CC14C=C(C)c5c(CC)ccc6c5[C@H]1C(C=C2C)(C=C6C)[C@@H]34.CCc1ccc2c3c1C(C)=CC14C=C(C)c5ccc(CC)c6c5C1C(C=C2C)(C=C6C)C34. The fraction of sp³-hybridized carbons (Fsp3) is 0.444. The Labute approximate surface area is 438 Å². The second-order valence-corrected chi connectivity index (χ2v) is 22.0. The van der Waals surface area contributed by atoms with E-state index in [0.717, 1.165) is 25.7 Å². The van der Waals surface area contributed by atoms with Crippen LogP contribution in [0.3, 0.4) is 0 Å². The third kappa shape index (κ3) is 6.17. The smallest absolute Gasteiger partial charge is 0.0234 e. The third-order valence-corrected chi connectivity index (χ3v) is 19.0. The average molecular weight is 953 g/mol. The van der Waals surface area contributed by atoms with E-state index < -0.39 is 0 Å². The second kappa shape index (κ2) is 18.3. The van der Waals surface area contributed by atoms with E-state index in [1.807, 2.05) is 55.4 Å². The minimum atomic E-state index is 0.102. The zero-order chi connectivity index (χ0) is 52.3. The average Bonchev–Trinajstić information content (AvgIpc) is 3.38. The largest absolute Gasteiger partial charge is 0.0697 e. The second-order valence-electron chi connectivity index (χ2n) is 22.0. The molecule has 4 spiro atoms. The Morgan fingerprint density at radius 2 is 0.431 bits per heavy atom. The van der Waals surface area contributed by atoms with Gasteiger partial charge in [0.05, 0.1) is 0 Å². The molecule has 0 aliphatic heterocycles. The Morgan fingerprint density at radius 1 is 0.264 bits per heavy atom. The van der Waals surface area contributed by atoms with Gasteiger partial charge in [0.25, 0.3) is 0 Å². The van der Waals surface area contributed by atoms with Crippen molar-refractivity contribution in [3.8, 4) is 0 Å². The van der Waals surface area contributed by atoms with Crippen LogP contribution in [-0.2, 0) is 25.7 Å². The van der Waals surface area contributed by atoms with E-state index in [0.29, 0.717) is 23.7 Å². The van der Waals surface area contributed by atoms with E-state index >= 15 is 0 Å². The molecule has 2 fully saturated rings. The van der Waals surface area contributed by atoms with Gasteiger partial charge in [-0.05, 0) is 215 Å². The van der Waals surface area contributed by atoms with Gasteiger partial charge in [0.2, 0.25) is 0 Å². The molecule has 0 N–H and O–H groups in total. The highest BCUT2D eigenvalue weighted by atomic mass is 14.8.